The highest BCUT2D eigenvalue weighted by Crippen LogP contribution is 2.22. The van der Waals surface area contributed by atoms with Crippen LogP contribution in [0.15, 0.2) is 30.5 Å². The summed E-state index contributed by atoms with van der Waals surface area (Å²) in [4.78, 5) is 8.65. The standard InChI is InChI=1S/C16H19ClFN3O/c1-16(2,3)15-19-7-6-14(21-15)20-9-13(22)10-4-5-11(17)12(18)8-10/h4-8,13,22H,9H2,1-3H3,(H,19,20,21). The fourth-order valence-electron chi connectivity index (χ4n) is 1.86. The van der Waals surface area contributed by atoms with E-state index in [2.05, 4.69) is 15.3 Å². The van der Waals surface area contributed by atoms with Crippen LogP contribution in [-0.4, -0.2) is 21.6 Å². The number of hydrogen-bond acceptors (Lipinski definition) is 4. The van der Waals surface area contributed by atoms with E-state index >= 15 is 0 Å². The SMILES string of the molecule is CC(C)(C)c1nccc(NCC(O)c2ccc(Cl)c(F)c2)n1. The van der Waals surface area contributed by atoms with Gasteiger partial charge in [0.05, 0.1) is 11.1 Å². The van der Waals surface area contributed by atoms with Gasteiger partial charge in [-0.05, 0) is 23.8 Å². The number of nitrogens with one attached hydrogen (secondary N) is 1. The zero-order chi connectivity index (χ0) is 16.3. The zero-order valence-electron chi connectivity index (χ0n) is 12.8. The summed E-state index contributed by atoms with van der Waals surface area (Å²) in [6.07, 6.45) is 0.810. The van der Waals surface area contributed by atoms with Crippen LogP contribution in [0.3, 0.4) is 0 Å². The second-order valence-corrected chi connectivity index (χ2v) is 6.49. The van der Waals surface area contributed by atoms with Gasteiger partial charge in [-0.1, -0.05) is 38.4 Å². The molecule has 1 atom stereocenters. The molecule has 0 aliphatic heterocycles. The third-order valence-corrected chi connectivity index (χ3v) is 3.44. The number of halogens is 2. The summed E-state index contributed by atoms with van der Waals surface area (Å²) in [5.41, 5.74) is 0.301. The number of aliphatic hydroxyl groups excluding tert-OH is 1. The lowest BCUT2D eigenvalue weighted by Gasteiger charge is -2.18. The van der Waals surface area contributed by atoms with Crippen molar-refractivity contribution in [3.63, 3.8) is 0 Å². The molecule has 0 spiro atoms. The van der Waals surface area contributed by atoms with Crippen LogP contribution in [0.5, 0.6) is 0 Å². The van der Waals surface area contributed by atoms with E-state index in [1.54, 1.807) is 18.3 Å². The summed E-state index contributed by atoms with van der Waals surface area (Å²) in [6, 6.07) is 5.98. The molecule has 1 aromatic heterocycles. The maximum absolute atomic E-state index is 13.4. The Labute approximate surface area is 134 Å². The highest BCUT2D eigenvalue weighted by Gasteiger charge is 2.17. The van der Waals surface area contributed by atoms with Gasteiger partial charge in [0.2, 0.25) is 0 Å². The Morgan fingerprint density at radius 2 is 2.05 bits per heavy atom. The van der Waals surface area contributed by atoms with Crippen LogP contribution in [0.2, 0.25) is 5.02 Å². The number of hydrogen-bond donors (Lipinski definition) is 2. The summed E-state index contributed by atoms with van der Waals surface area (Å²) in [5, 5.41) is 13.2. The summed E-state index contributed by atoms with van der Waals surface area (Å²) >= 11 is 5.63. The van der Waals surface area contributed by atoms with Gasteiger partial charge in [-0.2, -0.15) is 0 Å². The second-order valence-electron chi connectivity index (χ2n) is 6.09. The van der Waals surface area contributed by atoms with Crippen molar-refractivity contribution in [1.82, 2.24) is 9.97 Å². The molecule has 1 unspecified atom stereocenters. The summed E-state index contributed by atoms with van der Waals surface area (Å²) < 4.78 is 13.4. The predicted molar refractivity (Wildman–Crippen MR) is 85.6 cm³/mol. The highest BCUT2D eigenvalue weighted by molar-refractivity contribution is 6.30. The lowest BCUT2D eigenvalue weighted by atomic mass is 9.96. The van der Waals surface area contributed by atoms with Crippen LogP contribution in [0, 0.1) is 5.82 Å². The van der Waals surface area contributed by atoms with Gasteiger partial charge in [0.1, 0.15) is 17.5 Å². The Balaban J connectivity index is 2.04. The van der Waals surface area contributed by atoms with Crippen molar-refractivity contribution in [2.75, 3.05) is 11.9 Å². The molecule has 0 aliphatic rings. The van der Waals surface area contributed by atoms with Gasteiger partial charge in [0.15, 0.2) is 0 Å². The number of benzene rings is 1. The van der Waals surface area contributed by atoms with Crippen molar-refractivity contribution < 1.29 is 9.50 Å². The third-order valence-electron chi connectivity index (χ3n) is 3.13. The van der Waals surface area contributed by atoms with Crippen LogP contribution >= 0.6 is 11.6 Å². The first-order valence-corrected chi connectivity index (χ1v) is 7.35. The van der Waals surface area contributed by atoms with E-state index in [1.165, 1.54) is 12.1 Å². The van der Waals surface area contributed by atoms with Crippen molar-refractivity contribution in [3.8, 4) is 0 Å². The Hall–Kier alpha value is -1.72. The number of aromatic nitrogens is 2. The van der Waals surface area contributed by atoms with E-state index in [1.807, 2.05) is 20.8 Å². The zero-order valence-corrected chi connectivity index (χ0v) is 13.5. The maximum atomic E-state index is 13.4. The summed E-state index contributed by atoms with van der Waals surface area (Å²) in [6.45, 7) is 6.29. The summed E-state index contributed by atoms with van der Waals surface area (Å²) in [5.74, 6) is 0.785. The molecule has 118 valence electrons. The Bertz CT molecular complexity index is 658. The highest BCUT2D eigenvalue weighted by atomic mass is 35.5. The molecular weight excluding hydrogens is 305 g/mol. The van der Waals surface area contributed by atoms with Crippen molar-refractivity contribution >= 4 is 17.4 Å². The molecule has 1 heterocycles. The number of nitrogens with zero attached hydrogens (tertiary/aromatic N) is 2. The summed E-state index contributed by atoms with van der Waals surface area (Å²) in [7, 11) is 0. The van der Waals surface area contributed by atoms with E-state index in [9.17, 15) is 9.50 Å². The van der Waals surface area contributed by atoms with Gasteiger partial charge in [0, 0.05) is 18.2 Å². The van der Waals surface area contributed by atoms with E-state index < -0.39 is 11.9 Å². The number of rotatable bonds is 4. The number of anilines is 1. The minimum Gasteiger partial charge on any atom is -0.387 e. The fraction of sp³-hybridized carbons (Fsp3) is 0.375. The Morgan fingerprint density at radius 1 is 1.32 bits per heavy atom. The predicted octanol–water partition coefficient (Wildman–Crippen LogP) is 3.71. The second kappa shape index (κ2) is 6.58. The normalized spacial score (nSPS) is 13.0. The van der Waals surface area contributed by atoms with E-state index in [-0.39, 0.29) is 17.0 Å². The van der Waals surface area contributed by atoms with Gasteiger partial charge in [-0.3, -0.25) is 0 Å². The molecule has 2 rings (SSSR count). The number of aliphatic hydroxyl groups is 1. The largest absolute Gasteiger partial charge is 0.387 e. The molecule has 0 radical (unpaired) electrons. The molecule has 0 saturated heterocycles. The molecular formula is C16H19ClFN3O. The Kier molecular flexibility index (Phi) is 4.98. The third kappa shape index (κ3) is 4.15. The average Bonchev–Trinajstić information content (AvgIpc) is 2.47. The molecule has 0 amide bonds. The van der Waals surface area contributed by atoms with Crippen LogP contribution in [-0.2, 0) is 5.41 Å². The lowest BCUT2D eigenvalue weighted by molar-refractivity contribution is 0.191. The maximum Gasteiger partial charge on any atom is 0.142 e. The van der Waals surface area contributed by atoms with Crippen LogP contribution in [0.25, 0.3) is 0 Å². The van der Waals surface area contributed by atoms with E-state index in [0.717, 1.165) is 0 Å². The van der Waals surface area contributed by atoms with Crippen LogP contribution < -0.4 is 5.32 Å². The molecule has 4 nitrogen and oxygen atoms in total. The van der Waals surface area contributed by atoms with Gasteiger partial charge in [-0.25, -0.2) is 14.4 Å². The van der Waals surface area contributed by atoms with E-state index in [4.69, 9.17) is 11.6 Å². The van der Waals surface area contributed by atoms with Gasteiger partial charge in [-0.15, -0.1) is 0 Å². The molecule has 0 aliphatic carbocycles. The van der Waals surface area contributed by atoms with Gasteiger partial charge >= 0.3 is 0 Å². The average molecular weight is 324 g/mol. The molecule has 22 heavy (non-hydrogen) atoms. The van der Waals surface area contributed by atoms with Crippen LogP contribution in [0.1, 0.15) is 38.3 Å². The molecule has 0 bridgehead atoms. The molecule has 6 heteroatoms. The first-order chi connectivity index (χ1) is 10.3. The lowest BCUT2D eigenvalue weighted by Crippen LogP contribution is -2.18. The van der Waals surface area contributed by atoms with Gasteiger partial charge < -0.3 is 10.4 Å². The minimum atomic E-state index is -0.861. The molecule has 0 fully saturated rings. The van der Waals surface area contributed by atoms with E-state index in [0.29, 0.717) is 17.2 Å². The monoisotopic (exact) mass is 323 g/mol. The first kappa shape index (κ1) is 16.6. The smallest absolute Gasteiger partial charge is 0.142 e. The van der Waals surface area contributed by atoms with Crippen molar-refractivity contribution in [3.05, 3.63) is 52.7 Å². The van der Waals surface area contributed by atoms with Gasteiger partial charge in [0.25, 0.3) is 0 Å². The van der Waals surface area contributed by atoms with Crippen molar-refractivity contribution in [2.24, 2.45) is 0 Å². The fourth-order valence-corrected chi connectivity index (χ4v) is 1.97. The quantitative estimate of drug-likeness (QED) is 0.900. The first-order valence-electron chi connectivity index (χ1n) is 6.98. The topological polar surface area (TPSA) is 58.0 Å². The molecule has 1 aromatic carbocycles. The molecule has 2 N–H and O–H groups in total. The van der Waals surface area contributed by atoms with Crippen LogP contribution in [0.4, 0.5) is 10.2 Å². The van der Waals surface area contributed by atoms with Crippen molar-refractivity contribution in [2.45, 2.75) is 32.3 Å². The van der Waals surface area contributed by atoms with Crippen molar-refractivity contribution in [1.29, 1.82) is 0 Å². The Morgan fingerprint density at radius 3 is 2.68 bits per heavy atom. The minimum absolute atomic E-state index is 0.0366. The molecule has 2 aromatic rings. The molecule has 0 saturated carbocycles.